The summed E-state index contributed by atoms with van der Waals surface area (Å²) < 4.78 is 0. The molecule has 1 saturated carbocycles. The van der Waals surface area contributed by atoms with Crippen LogP contribution in [0.5, 0.6) is 0 Å². The van der Waals surface area contributed by atoms with Gasteiger partial charge in [0.1, 0.15) is 0 Å². The van der Waals surface area contributed by atoms with Crippen molar-refractivity contribution in [1.82, 2.24) is 4.90 Å². The molecule has 0 atom stereocenters. The van der Waals surface area contributed by atoms with Gasteiger partial charge in [-0.15, -0.1) is 0 Å². The van der Waals surface area contributed by atoms with Gasteiger partial charge in [0.2, 0.25) is 0 Å². The predicted molar refractivity (Wildman–Crippen MR) is 42.7 cm³/mol. The average Bonchev–Trinajstić information content (AvgIpc) is 2.76. The zero-order valence-corrected chi connectivity index (χ0v) is 6.55. The van der Waals surface area contributed by atoms with Crippen LogP contribution < -0.4 is 0 Å². The molecule has 0 N–H and O–H groups in total. The van der Waals surface area contributed by atoms with Gasteiger partial charge in [-0.3, -0.25) is 0 Å². The van der Waals surface area contributed by atoms with Crippen molar-refractivity contribution < 1.29 is 0 Å². The van der Waals surface area contributed by atoms with Crippen molar-refractivity contribution in [3.8, 4) is 0 Å². The zero-order valence-electron chi connectivity index (χ0n) is 6.55. The van der Waals surface area contributed by atoms with Gasteiger partial charge < -0.3 is 4.90 Å². The van der Waals surface area contributed by atoms with Gasteiger partial charge in [0, 0.05) is 6.04 Å². The first-order valence-electron chi connectivity index (χ1n) is 4.52. The molecule has 1 radical (unpaired) electrons. The highest BCUT2D eigenvalue weighted by Gasteiger charge is 2.28. The molecule has 1 saturated heterocycles. The van der Waals surface area contributed by atoms with Crippen LogP contribution in [-0.2, 0) is 0 Å². The fraction of sp³-hybridized carbons (Fsp3) is 0.889. The Balaban J connectivity index is 1.81. The molecule has 2 rings (SSSR count). The normalized spacial score (nSPS) is 30.0. The molecule has 2 fully saturated rings. The molecular weight excluding hydrogens is 122 g/mol. The first-order valence-corrected chi connectivity index (χ1v) is 4.52. The Labute approximate surface area is 63.4 Å². The van der Waals surface area contributed by atoms with Gasteiger partial charge in [0.15, 0.2) is 0 Å². The number of likely N-dealkylation sites (tertiary alicyclic amines) is 1. The van der Waals surface area contributed by atoms with Crippen LogP contribution >= 0.6 is 0 Å². The molecule has 57 valence electrons. The van der Waals surface area contributed by atoms with Crippen molar-refractivity contribution in [1.29, 1.82) is 0 Å². The number of rotatable bonds is 1. The van der Waals surface area contributed by atoms with Crippen LogP contribution in [0.3, 0.4) is 0 Å². The molecule has 1 nitrogen and oxygen atoms in total. The Hall–Kier alpha value is -0.0400. The molecule has 0 aromatic heterocycles. The Morgan fingerprint density at radius 2 is 2.00 bits per heavy atom. The summed E-state index contributed by atoms with van der Waals surface area (Å²) >= 11 is 0. The van der Waals surface area contributed by atoms with E-state index in [0.717, 1.165) is 6.04 Å². The van der Waals surface area contributed by atoms with Crippen LogP contribution in [0.2, 0.25) is 0 Å². The average molecular weight is 138 g/mol. The molecule has 0 spiro atoms. The fourth-order valence-corrected chi connectivity index (χ4v) is 1.76. The van der Waals surface area contributed by atoms with Gasteiger partial charge in [-0.25, -0.2) is 0 Å². The molecule has 0 aromatic rings. The molecule has 0 unspecified atom stereocenters. The maximum absolute atomic E-state index is 2.67. The minimum Gasteiger partial charge on any atom is -0.300 e. The highest BCUT2D eigenvalue weighted by Crippen LogP contribution is 2.28. The summed E-state index contributed by atoms with van der Waals surface area (Å²) in [4.78, 5) is 2.67. The van der Waals surface area contributed by atoms with Gasteiger partial charge in [-0.05, 0) is 51.6 Å². The second kappa shape index (κ2) is 2.91. The minimum absolute atomic E-state index is 0.992. The molecule has 0 bridgehead atoms. The van der Waals surface area contributed by atoms with E-state index in [-0.39, 0.29) is 0 Å². The van der Waals surface area contributed by atoms with E-state index >= 15 is 0 Å². The maximum atomic E-state index is 2.67. The first-order chi connectivity index (χ1) is 4.97. The van der Waals surface area contributed by atoms with Crippen molar-refractivity contribution >= 4 is 0 Å². The third kappa shape index (κ3) is 1.51. The molecule has 10 heavy (non-hydrogen) atoms. The lowest BCUT2D eigenvalue weighted by Gasteiger charge is -2.18. The summed E-state index contributed by atoms with van der Waals surface area (Å²) in [6.07, 6.45) is 9.47. The van der Waals surface area contributed by atoms with E-state index in [0.29, 0.717) is 0 Å². The van der Waals surface area contributed by atoms with Gasteiger partial charge in [-0.2, -0.15) is 0 Å². The third-order valence-electron chi connectivity index (χ3n) is 2.54. The van der Waals surface area contributed by atoms with Crippen LogP contribution in [0.25, 0.3) is 0 Å². The molecule has 1 aliphatic heterocycles. The lowest BCUT2D eigenvalue weighted by Crippen LogP contribution is -2.26. The summed E-state index contributed by atoms with van der Waals surface area (Å²) in [5.74, 6) is 0. The topological polar surface area (TPSA) is 3.24 Å². The zero-order chi connectivity index (χ0) is 6.81. The SMILES string of the molecule is [CH]1CCCN(C2CC2)CC1. The number of nitrogens with zero attached hydrogens (tertiary/aromatic N) is 1. The molecule has 1 aliphatic carbocycles. The summed E-state index contributed by atoms with van der Waals surface area (Å²) in [7, 11) is 0. The Kier molecular flexibility index (Phi) is 1.94. The van der Waals surface area contributed by atoms with Crippen molar-refractivity contribution in [2.24, 2.45) is 0 Å². The number of hydrogen-bond donors (Lipinski definition) is 0. The van der Waals surface area contributed by atoms with Crippen molar-refractivity contribution in [3.63, 3.8) is 0 Å². The predicted octanol–water partition coefficient (Wildman–Crippen LogP) is 1.84. The van der Waals surface area contributed by atoms with E-state index in [1.54, 1.807) is 0 Å². The van der Waals surface area contributed by atoms with E-state index in [1.807, 2.05) is 0 Å². The van der Waals surface area contributed by atoms with Crippen LogP contribution in [0.4, 0.5) is 0 Å². The van der Waals surface area contributed by atoms with Crippen LogP contribution in [0, 0.1) is 6.42 Å². The number of hydrogen-bond acceptors (Lipinski definition) is 1. The van der Waals surface area contributed by atoms with E-state index in [2.05, 4.69) is 11.3 Å². The summed E-state index contributed by atoms with van der Waals surface area (Å²) in [5.41, 5.74) is 0. The van der Waals surface area contributed by atoms with E-state index in [1.165, 1.54) is 45.2 Å². The molecule has 0 aromatic carbocycles. The van der Waals surface area contributed by atoms with Crippen LogP contribution in [0.1, 0.15) is 32.1 Å². The lowest BCUT2D eigenvalue weighted by atomic mass is 10.2. The Morgan fingerprint density at radius 3 is 2.80 bits per heavy atom. The Morgan fingerprint density at radius 1 is 1.10 bits per heavy atom. The van der Waals surface area contributed by atoms with Crippen LogP contribution in [-0.4, -0.2) is 24.0 Å². The van der Waals surface area contributed by atoms with Gasteiger partial charge in [-0.1, -0.05) is 0 Å². The lowest BCUT2D eigenvalue weighted by molar-refractivity contribution is 0.276. The van der Waals surface area contributed by atoms with Crippen molar-refractivity contribution in [2.75, 3.05) is 13.1 Å². The maximum Gasteiger partial charge on any atom is 0.00964 e. The second-order valence-corrected chi connectivity index (χ2v) is 3.49. The molecule has 1 heterocycles. The first kappa shape index (κ1) is 6.66. The van der Waals surface area contributed by atoms with Gasteiger partial charge >= 0.3 is 0 Å². The summed E-state index contributed by atoms with van der Waals surface area (Å²) in [5, 5.41) is 0. The Bertz CT molecular complexity index is 99.3. The highest BCUT2D eigenvalue weighted by atomic mass is 15.2. The van der Waals surface area contributed by atoms with Crippen molar-refractivity contribution in [2.45, 2.75) is 38.1 Å². The standard InChI is InChI=1S/C9H16N/c1-2-4-8-10(7-3-1)9-5-6-9/h1,9H,2-8H2. The van der Waals surface area contributed by atoms with E-state index in [4.69, 9.17) is 0 Å². The van der Waals surface area contributed by atoms with Gasteiger partial charge in [0.05, 0.1) is 0 Å². The molecule has 0 amide bonds. The van der Waals surface area contributed by atoms with Crippen LogP contribution in [0.15, 0.2) is 0 Å². The second-order valence-electron chi connectivity index (χ2n) is 3.49. The fourth-order valence-electron chi connectivity index (χ4n) is 1.76. The van der Waals surface area contributed by atoms with E-state index in [9.17, 15) is 0 Å². The largest absolute Gasteiger partial charge is 0.300 e. The third-order valence-corrected chi connectivity index (χ3v) is 2.54. The summed E-state index contributed by atoms with van der Waals surface area (Å²) in [6.45, 7) is 2.70. The monoisotopic (exact) mass is 138 g/mol. The molecule has 1 heteroatoms. The minimum atomic E-state index is 0.992. The quantitative estimate of drug-likeness (QED) is 0.534. The molecular formula is C9H16N. The highest BCUT2D eigenvalue weighted by molar-refractivity contribution is 4.87. The van der Waals surface area contributed by atoms with Gasteiger partial charge in [0.25, 0.3) is 0 Å². The smallest absolute Gasteiger partial charge is 0.00964 e. The van der Waals surface area contributed by atoms with E-state index < -0.39 is 0 Å². The van der Waals surface area contributed by atoms with Crippen molar-refractivity contribution in [3.05, 3.63) is 6.42 Å². The molecule has 2 aliphatic rings. The summed E-state index contributed by atoms with van der Waals surface area (Å²) in [6, 6.07) is 0.992.